The summed E-state index contributed by atoms with van der Waals surface area (Å²) in [5.74, 6) is -0.338. The predicted molar refractivity (Wildman–Crippen MR) is 98.7 cm³/mol. The van der Waals surface area contributed by atoms with E-state index < -0.39 is 0 Å². The Morgan fingerprint density at radius 2 is 1.85 bits per heavy atom. The number of aryl methyl sites for hydroxylation is 1. The highest BCUT2D eigenvalue weighted by molar-refractivity contribution is 6.05. The van der Waals surface area contributed by atoms with Crippen LogP contribution in [0.25, 0.3) is 10.9 Å². The van der Waals surface area contributed by atoms with E-state index in [2.05, 4.69) is 6.07 Å². The van der Waals surface area contributed by atoms with Gasteiger partial charge in [0.1, 0.15) is 6.61 Å². The first-order valence-electron chi connectivity index (χ1n) is 8.83. The Hall–Kier alpha value is -3.19. The van der Waals surface area contributed by atoms with E-state index >= 15 is 0 Å². The highest BCUT2D eigenvalue weighted by Gasteiger charge is 2.23. The number of ether oxygens (including phenoxy) is 1. The highest BCUT2D eigenvalue weighted by Crippen LogP contribution is 2.30. The first-order valence-corrected chi connectivity index (χ1v) is 8.83. The average Bonchev–Trinajstić information content (AvgIpc) is 2.70. The molecule has 0 amide bonds. The van der Waals surface area contributed by atoms with Gasteiger partial charge in [0.2, 0.25) is 0 Å². The average molecular weight is 342 g/mol. The molecular formula is C22H18N2O2. The van der Waals surface area contributed by atoms with Gasteiger partial charge in [-0.1, -0.05) is 36.4 Å². The second kappa shape index (κ2) is 6.97. The van der Waals surface area contributed by atoms with E-state index in [1.165, 1.54) is 0 Å². The highest BCUT2D eigenvalue weighted by atomic mass is 16.5. The summed E-state index contributed by atoms with van der Waals surface area (Å²) in [7, 11) is 0. The fourth-order valence-corrected chi connectivity index (χ4v) is 3.58. The van der Waals surface area contributed by atoms with Crippen LogP contribution in [0.3, 0.4) is 0 Å². The first-order chi connectivity index (χ1) is 12.8. The number of para-hydroxylation sites is 1. The number of carbonyl (C=O) groups excluding carboxylic acids is 1. The quantitative estimate of drug-likeness (QED) is 0.664. The number of fused-ring (bicyclic) bond motifs is 2. The monoisotopic (exact) mass is 342 g/mol. The van der Waals surface area contributed by atoms with Crippen LogP contribution in [0.1, 0.15) is 45.6 Å². The molecule has 4 nitrogen and oxygen atoms in total. The van der Waals surface area contributed by atoms with Crippen LogP contribution in [0.4, 0.5) is 0 Å². The van der Waals surface area contributed by atoms with Crippen molar-refractivity contribution in [1.82, 2.24) is 4.98 Å². The van der Waals surface area contributed by atoms with Crippen molar-refractivity contribution in [2.45, 2.75) is 32.3 Å². The molecule has 0 saturated carbocycles. The Balaban J connectivity index is 1.71. The van der Waals surface area contributed by atoms with Crippen LogP contribution < -0.4 is 0 Å². The molecule has 128 valence electrons. The molecule has 1 heterocycles. The van der Waals surface area contributed by atoms with E-state index in [9.17, 15) is 10.1 Å². The Bertz CT molecular complexity index is 1030. The standard InChI is InChI=1S/C22H18N2O2/c23-13-15-7-1-2-8-16(15)14-26-22(25)21-17-9-3-5-11-19(17)24-20-12-6-4-10-18(20)21/h1-3,5,7-9,11H,4,6,10,12,14H2. The number of nitrogens with zero attached hydrogens (tertiary/aromatic N) is 2. The van der Waals surface area contributed by atoms with Crippen molar-refractivity contribution in [1.29, 1.82) is 5.26 Å². The molecule has 26 heavy (non-hydrogen) atoms. The van der Waals surface area contributed by atoms with Crippen molar-refractivity contribution in [3.05, 3.63) is 76.5 Å². The van der Waals surface area contributed by atoms with Crippen LogP contribution in [0.2, 0.25) is 0 Å². The van der Waals surface area contributed by atoms with Gasteiger partial charge in [-0.25, -0.2) is 4.79 Å². The van der Waals surface area contributed by atoms with Gasteiger partial charge in [0.25, 0.3) is 0 Å². The van der Waals surface area contributed by atoms with Crippen molar-refractivity contribution in [2.75, 3.05) is 0 Å². The van der Waals surface area contributed by atoms with E-state index in [-0.39, 0.29) is 12.6 Å². The maximum absolute atomic E-state index is 13.0. The zero-order valence-electron chi connectivity index (χ0n) is 14.4. The van der Waals surface area contributed by atoms with Crippen molar-refractivity contribution in [3.63, 3.8) is 0 Å². The van der Waals surface area contributed by atoms with Gasteiger partial charge in [-0.15, -0.1) is 0 Å². The largest absolute Gasteiger partial charge is 0.457 e. The second-order valence-electron chi connectivity index (χ2n) is 6.48. The van der Waals surface area contributed by atoms with E-state index in [4.69, 9.17) is 9.72 Å². The minimum atomic E-state index is -0.338. The Morgan fingerprint density at radius 1 is 1.08 bits per heavy atom. The van der Waals surface area contributed by atoms with Crippen molar-refractivity contribution in [2.24, 2.45) is 0 Å². The number of aromatic nitrogens is 1. The number of rotatable bonds is 3. The summed E-state index contributed by atoms with van der Waals surface area (Å²) < 4.78 is 5.61. The lowest BCUT2D eigenvalue weighted by molar-refractivity contribution is 0.0473. The lowest BCUT2D eigenvalue weighted by Gasteiger charge is -2.20. The third-order valence-corrected chi connectivity index (χ3v) is 4.87. The van der Waals surface area contributed by atoms with Crippen molar-refractivity contribution in [3.8, 4) is 6.07 Å². The molecule has 0 aliphatic heterocycles. The minimum Gasteiger partial charge on any atom is -0.457 e. The number of carbonyl (C=O) groups is 1. The molecule has 0 N–H and O–H groups in total. The Labute approximate surface area is 152 Å². The molecule has 0 saturated heterocycles. The summed E-state index contributed by atoms with van der Waals surface area (Å²) in [6.45, 7) is 0.0913. The third-order valence-electron chi connectivity index (χ3n) is 4.87. The zero-order valence-corrected chi connectivity index (χ0v) is 14.4. The van der Waals surface area contributed by atoms with Gasteiger partial charge >= 0.3 is 5.97 Å². The van der Waals surface area contributed by atoms with Gasteiger partial charge in [-0.3, -0.25) is 4.98 Å². The van der Waals surface area contributed by atoms with Gasteiger partial charge in [0.15, 0.2) is 0 Å². The van der Waals surface area contributed by atoms with E-state index in [1.807, 2.05) is 36.4 Å². The molecule has 0 atom stereocenters. The van der Waals surface area contributed by atoms with Crippen molar-refractivity contribution >= 4 is 16.9 Å². The summed E-state index contributed by atoms with van der Waals surface area (Å²) in [4.78, 5) is 17.7. The molecule has 1 aliphatic carbocycles. The number of pyridine rings is 1. The van der Waals surface area contributed by atoms with Crippen LogP contribution >= 0.6 is 0 Å². The second-order valence-corrected chi connectivity index (χ2v) is 6.48. The van der Waals surface area contributed by atoms with Crippen LogP contribution in [0.15, 0.2) is 48.5 Å². The molecule has 3 aromatic rings. The van der Waals surface area contributed by atoms with Gasteiger partial charge in [-0.2, -0.15) is 5.26 Å². The smallest absolute Gasteiger partial charge is 0.339 e. The van der Waals surface area contributed by atoms with E-state index in [1.54, 1.807) is 12.1 Å². The molecule has 0 bridgehead atoms. The summed E-state index contributed by atoms with van der Waals surface area (Å²) in [6, 6.07) is 17.0. The molecule has 2 aromatic carbocycles. The van der Waals surface area contributed by atoms with Gasteiger partial charge in [-0.05, 0) is 43.4 Å². The SMILES string of the molecule is N#Cc1ccccc1COC(=O)c1c2c(nc3ccccc13)CCCC2. The fraction of sp³-hybridized carbons (Fsp3) is 0.227. The molecule has 4 heteroatoms. The summed E-state index contributed by atoms with van der Waals surface area (Å²) in [6.07, 6.45) is 3.91. The molecule has 4 rings (SSSR count). The lowest BCUT2D eigenvalue weighted by atomic mass is 9.90. The summed E-state index contributed by atoms with van der Waals surface area (Å²) in [5.41, 5.74) is 4.75. The summed E-state index contributed by atoms with van der Waals surface area (Å²) >= 11 is 0. The number of hydrogen-bond donors (Lipinski definition) is 0. The Morgan fingerprint density at radius 3 is 2.73 bits per heavy atom. The maximum atomic E-state index is 13.0. The molecule has 0 unspecified atom stereocenters. The third kappa shape index (κ3) is 2.93. The molecule has 0 spiro atoms. The fourth-order valence-electron chi connectivity index (χ4n) is 3.58. The van der Waals surface area contributed by atoms with Gasteiger partial charge < -0.3 is 4.74 Å². The van der Waals surface area contributed by atoms with Crippen LogP contribution in [0, 0.1) is 11.3 Å². The topological polar surface area (TPSA) is 63.0 Å². The van der Waals surface area contributed by atoms with Crippen molar-refractivity contribution < 1.29 is 9.53 Å². The molecular weight excluding hydrogens is 324 g/mol. The summed E-state index contributed by atoms with van der Waals surface area (Å²) in [5, 5.41) is 10.0. The van der Waals surface area contributed by atoms with Crippen LogP contribution in [0.5, 0.6) is 0 Å². The lowest BCUT2D eigenvalue weighted by Crippen LogP contribution is -2.15. The number of hydrogen-bond acceptors (Lipinski definition) is 4. The molecule has 1 aliphatic rings. The van der Waals surface area contributed by atoms with E-state index in [0.717, 1.165) is 53.4 Å². The van der Waals surface area contributed by atoms with Crippen LogP contribution in [-0.2, 0) is 24.2 Å². The molecule has 0 radical (unpaired) electrons. The van der Waals surface area contributed by atoms with Gasteiger partial charge in [0, 0.05) is 16.6 Å². The number of esters is 1. The number of nitriles is 1. The minimum absolute atomic E-state index is 0.0913. The Kier molecular flexibility index (Phi) is 4.37. The zero-order chi connectivity index (χ0) is 17.9. The van der Waals surface area contributed by atoms with Gasteiger partial charge in [0.05, 0.1) is 22.7 Å². The first kappa shape index (κ1) is 16.3. The maximum Gasteiger partial charge on any atom is 0.339 e. The molecule has 1 aromatic heterocycles. The van der Waals surface area contributed by atoms with Crippen LogP contribution in [-0.4, -0.2) is 11.0 Å². The number of benzene rings is 2. The predicted octanol–water partition coefficient (Wildman–Crippen LogP) is 4.34. The van der Waals surface area contributed by atoms with E-state index in [0.29, 0.717) is 11.1 Å². The normalized spacial score (nSPS) is 13.0. The molecule has 0 fully saturated rings.